The van der Waals surface area contributed by atoms with Gasteiger partial charge in [-0.25, -0.2) is 9.55 Å². The summed E-state index contributed by atoms with van der Waals surface area (Å²) in [5, 5.41) is 0. The zero-order valence-corrected chi connectivity index (χ0v) is 10.9. The molecule has 18 heavy (non-hydrogen) atoms. The lowest BCUT2D eigenvalue weighted by atomic mass is 9.93. The van der Waals surface area contributed by atoms with E-state index >= 15 is 0 Å². The lowest BCUT2D eigenvalue weighted by Gasteiger charge is -2.16. The summed E-state index contributed by atoms with van der Waals surface area (Å²) in [5.41, 5.74) is 4.73. The van der Waals surface area contributed by atoms with Crippen molar-refractivity contribution in [1.82, 2.24) is 4.98 Å². The van der Waals surface area contributed by atoms with Crippen molar-refractivity contribution in [3.63, 3.8) is 0 Å². The number of hydrogen-bond acceptors (Lipinski definition) is 4. The number of nitrogens with zero attached hydrogens (tertiary/aromatic N) is 1. The molecule has 0 amide bonds. The number of aryl methyl sites for hydroxylation is 2. The Hall–Kier alpha value is -1.20. The standard InChI is InChI=1S/C11H10NO4PS/c13-17(14,15)16-8-3-1-7-2-4-10-11(9(7)5-8)12-6-18-10/h1,3,5-6H,2,4H2,(H2,13,14,15). The summed E-state index contributed by atoms with van der Waals surface area (Å²) in [6, 6.07) is 5.06. The van der Waals surface area contributed by atoms with Crippen LogP contribution in [0.3, 0.4) is 0 Å². The van der Waals surface area contributed by atoms with Gasteiger partial charge in [-0.05, 0) is 30.5 Å². The van der Waals surface area contributed by atoms with E-state index in [1.807, 2.05) is 6.07 Å². The monoisotopic (exact) mass is 283 g/mol. The van der Waals surface area contributed by atoms with Gasteiger partial charge in [-0.15, -0.1) is 11.3 Å². The second-order valence-electron chi connectivity index (χ2n) is 4.02. The summed E-state index contributed by atoms with van der Waals surface area (Å²) in [4.78, 5) is 23.1. The van der Waals surface area contributed by atoms with E-state index in [0.29, 0.717) is 0 Å². The van der Waals surface area contributed by atoms with Gasteiger partial charge in [0, 0.05) is 10.4 Å². The second-order valence-corrected chi connectivity index (χ2v) is 6.13. The number of aromatic nitrogens is 1. The maximum atomic E-state index is 10.8. The zero-order valence-electron chi connectivity index (χ0n) is 9.24. The predicted octanol–water partition coefficient (Wildman–Crippen LogP) is 2.38. The molecule has 0 radical (unpaired) electrons. The molecule has 0 unspecified atom stereocenters. The van der Waals surface area contributed by atoms with Crippen LogP contribution in [0.2, 0.25) is 0 Å². The maximum absolute atomic E-state index is 10.8. The van der Waals surface area contributed by atoms with Gasteiger partial charge in [0.05, 0.1) is 11.2 Å². The fourth-order valence-corrected chi connectivity index (χ4v) is 3.27. The van der Waals surface area contributed by atoms with Crippen molar-refractivity contribution in [2.75, 3.05) is 0 Å². The van der Waals surface area contributed by atoms with E-state index in [1.165, 1.54) is 4.88 Å². The number of fused-ring (bicyclic) bond motifs is 3. The minimum atomic E-state index is -4.51. The van der Waals surface area contributed by atoms with Crippen LogP contribution in [0.25, 0.3) is 11.3 Å². The number of hydrogen-bond donors (Lipinski definition) is 2. The van der Waals surface area contributed by atoms with Crippen LogP contribution in [0.5, 0.6) is 5.75 Å². The Morgan fingerprint density at radius 1 is 1.33 bits per heavy atom. The molecule has 3 rings (SSSR count). The first-order chi connectivity index (χ1) is 8.53. The Kier molecular flexibility index (Phi) is 2.75. The van der Waals surface area contributed by atoms with Crippen molar-refractivity contribution in [3.05, 3.63) is 34.2 Å². The van der Waals surface area contributed by atoms with Crippen LogP contribution < -0.4 is 4.52 Å². The van der Waals surface area contributed by atoms with Gasteiger partial charge >= 0.3 is 7.82 Å². The summed E-state index contributed by atoms with van der Waals surface area (Å²) in [5.74, 6) is 0.169. The second kappa shape index (κ2) is 4.17. The summed E-state index contributed by atoms with van der Waals surface area (Å²) >= 11 is 1.60. The predicted molar refractivity (Wildman–Crippen MR) is 67.6 cm³/mol. The summed E-state index contributed by atoms with van der Waals surface area (Å²) in [6.45, 7) is 0. The fourth-order valence-electron chi connectivity index (χ4n) is 2.10. The molecule has 2 aromatic rings. The molecule has 1 aromatic carbocycles. The SMILES string of the molecule is O=P(O)(O)Oc1ccc2c(c1)-c1ncsc1CC2. The molecule has 94 valence electrons. The third-order valence-corrected chi connectivity index (χ3v) is 4.16. The van der Waals surface area contributed by atoms with Crippen LogP contribution in [-0.4, -0.2) is 14.8 Å². The number of thiazole rings is 1. The van der Waals surface area contributed by atoms with Gasteiger partial charge in [-0.2, -0.15) is 0 Å². The topological polar surface area (TPSA) is 79.7 Å². The molecule has 1 heterocycles. The summed E-state index contributed by atoms with van der Waals surface area (Å²) in [6.07, 6.45) is 1.88. The molecule has 1 aliphatic carbocycles. The Bertz CT molecular complexity index is 648. The van der Waals surface area contributed by atoms with Crippen molar-refractivity contribution < 1.29 is 18.9 Å². The van der Waals surface area contributed by atoms with Crippen LogP contribution in [-0.2, 0) is 17.4 Å². The third-order valence-electron chi connectivity index (χ3n) is 2.82. The molecule has 0 fully saturated rings. The molecule has 0 saturated heterocycles. The quantitative estimate of drug-likeness (QED) is 0.827. The van der Waals surface area contributed by atoms with E-state index in [-0.39, 0.29) is 5.75 Å². The average Bonchev–Trinajstić information content (AvgIpc) is 2.75. The highest BCUT2D eigenvalue weighted by Crippen LogP contribution is 2.41. The van der Waals surface area contributed by atoms with Crippen LogP contribution >= 0.6 is 19.2 Å². The van der Waals surface area contributed by atoms with Crippen LogP contribution in [0, 0.1) is 0 Å². The molecule has 1 aromatic heterocycles. The van der Waals surface area contributed by atoms with Gasteiger partial charge < -0.3 is 4.52 Å². The fraction of sp³-hybridized carbons (Fsp3) is 0.182. The van der Waals surface area contributed by atoms with E-state index in [9.17, 15) is 4.57 Å². The highest BCUT2D eigenvalue weighted by molar-refractivity contribution is 7.46. The molecule has 0 saturated carbocycles. The van der Waals surface area contributed by atoms with Gasteiger partial charge in [-0.1, -0.05) is 6.07 Å². The average molecular weight is 283 g/mol. The molecule has 0 bridgehead atoms. The van der Waals surface area contributed by atoms with Gasteiger partial charge in [0.25, 0.3) is 0 Å². The zero-order chi connectivity index (χ0) is 12.8. The maximum Gasteiger partial charge on any atom is 0.524 e. The number of benzene rings is 1. The summed E-state index contributed by atoms with van der Waals surface area (Å²) < 4.78 is 15.4. The van der Waals surface area contributed by atoms with Crippen LogP contribution in [0.1, 0.15) is 10.4 Å². The highest BCUT2D eigenvalue weighted by Gasteiger charge is 2.21. The Morgan fingerprint density at radius 3 is 2.94 bits per heavy atom. The van der Waals surface area contributed by atoms with Crippen molar-refractivity contribution >= 4 is 19.2 Å². The Balaban J connectivity index is 2.06. The Labute approximate surface area is 107 Å². The van der Waals surface area contributed by atoms with E-state index in [2.05, 4.69) is 9.51 Å². The molecule has 2 N–H and O–H groups in total. The van der Waals surface area contributed by atoms with Crippen molar-refractivity contribution in [2.24, 2.45) is 0 Å². The largest absolute Gasteiger partial charge is 0.524 e. The first-order valence-corrected chi connectivity index (χ1v) is 7.75. The first kappa shape index (κ1) is 11.9. The van der Waals surface area contributed by atoms with E-state index in [4.69, 9.17) is 9.79 Å². The molecule has 0 atom stereocenters. The highest BCUT2D eigenvalue weighted by atomic mass is 32.1. The van der Waals surface area contributed by atoms with Gasteiger partial charge in [-0.3, -0.25) is 9.79 Å². The van der Waals surface area contributed by atoms with Gasteiger partial charge in [0.15, 0.2) is 0 Å². The number of phosphoric ester groups is 1. The molecule has 1 aliphatic rings. The molecule has 5 nitrogen and oxygen atoms in total. The van der Waals surface area contributed by atoms with Crippen molar-refractivity contribution in [2.45, 2.75) is 12.8 Å². The minimum absolute atomic E-state index is 0.169. The molecular weight excluding hydrogens is 273 g/mol. The normalized spacial score (nSPS) is 13.9. The van der Waals surface area contributed by atoms with E-state index in [0.717, 1.165) is 29.7 Å². The van der Waals surface area contributed by atoms with Crippen molar-refractivity contribution in [3.8, 4) is 17.0 Å². The molecule has 0 spiro atoms. The molecule has 0 aliphatic heterocycles. The minimum Gasteiger partial charge on any atom is -0.404 e. The Morgan fingerprint density at radius 2 is 2.17 bits per heavy atom. The summed E-state index contributed by atoms with van der Waals surface area (Å²) in [7, 11) is -4.51. The number of rotatable bonds is 2. The number of phosphoric acid groups is 1. The lowest BCUT2D eigenvalue weighted by Crippen LogP contribution is -2.02. The van der Waals surface area contributed by atoms with Gasteiger partial charge in [0.2, 0.25) is 0 Å². The smallest absolute Gasteiger partial charge is 0.404 e. The lowest BCUT2D eigenvalue weighted by molar-refractivity contribution is 0.283. The third kappa shape index (κ3) is 2.20. The van der Waals surface area contributed by atoms with Crippen molar-refractivity contribution in [1.29, 1.82) is 0 Å². The molecule has 7 heteroatoms. The van der Waals surface area contributed by atoms with Gasteiger partial charge in [0.1, 0.15) is 5.75 Å². The molecular formula is C11H10NO4PS. The first-order valence-electron chi connectivity index (χ1n) is 5.34. The van der Waals surface area contributed by atoms with Crippen LogP contribution in [0.4, 0.5) is 0 Å². The van der Waals surface area contributed by atoms with Crippen LogP contribution in [0.15, 0.2) is 23.7 Å². The van der Waals surface area contributed by atoms with E-state index < -0.39 is 7.82 Å². The van der Waals surface area contributed by atoms with E-state index in [1.54, 1.807) is 29.0 Å².